The van der Waals surface area contributed by atoms with E-state index < -0.39 is 0 Å². The maximum absolute atomic E-state index is 13.8. The Kier molecular flexibility index (Phi) is 5.85. The Labute approximate surface area is 125 Å². The lowest BCUT2D eigenvalue weighted by Crippen LogP contribution is -2.21. The van der Waals surface area contributed by atoms with Gasteiger partial charge in [-0.15, -0.1) is 10.2 Å². The van der Waals surface area contributed by atoms with Gasteiger partial charge in [-0.1, -0.05) is 22.9 Å². The maximum atomic E-state index is 13.8. The first kappa shape index (κ1) is 15.3. The van der Waals surface area contributed by atoms with Crippen LogP contribution >= 0.6 is 22.9 Å². The summed E-state index contributed by atoms with van der Waals surface area (Å²) in [6, 6.07) is 4.55. The number of halogens is 2. The molecule has 7 heteroatoms. The van der Waals surface area contributed by atoms with Crippen LogP contribution in [0.2, 0.25) is 5.02 Å². The van der Waals surface area contributed by atoms with Crippen LogP contribution in [0.25, 0.3) is 10.6 Å². The molecule has 1 aromatic carbocycles. The molecule has 0 amide bonds. The van der Waals surface area contributed by atoms with Crippen LogP contribution in [-0.2, 0) is 11.2 Å². The van der Waals surface area contributed by atoms with Crippen LogP contribution in [0.4, 0.5) is 4.39 Å². The highest BCUT2D eigenvalue weighted by atomic mass is 35.5. The molecule has 0 radical (unpaired) electrons. The van der Waals surface area contributed by atoms with Gasteiger partial charge in [0.05, 0.1) is 6.61 Å². The Hall–Kier alpha value is -1.08. The number of nitrogens with one attached hydrogen (secondary N) is 1. The highest BCUT2D eigenvalue weighted by Gasteiger charge is 2.11. The lowest BCUT2D eigenvalue weighted by Gasteiger charge is -2.01. The summed E-state index contributed by atoms with van der Waals surface area (Å²) in [5.41, 5.74) is 0.436. The summed E-state index contributed by atoms with van der Waals surface area (Å²) in [7, 11) is 1.67. The van der Waals surface area contributed by atoms with Gasteiger partial charge < -0.3 is 10.1 Å². The van der Waals surface area contributed by atoms with Crippen LogP contribution in [0.5, 0.6) is 0 Å². The van der Waals surface area contributed by atoms with E-state index in [2.05, 4.69) is 15.5 Å². The van der Waals surface area contributed by atoms with Crippen molar-refractivity contribution >= 4 is 22.9 Å². The molecule has 2 aromatic rings. The van der Waals surface area contributed by atoms with E-state index in [1.807, 2.05) is 0 Å². The van der Waals surface area contributed by atoms with E-state index in [0.717, 1.165) is 24.5 Å². The topological polar surface area (TPSA) is 47.0 Å². The second-order valence-electron chi connectivity index (χ2n) is 4.12. The lowest BCUT2D eigenvalue weighted by molar-refractivity contribution is 0.199. The SMILES string of the molecule is COCCNCCc1nnc(-c2ccc(Cl)cc2F)s1. The van der Waals surface area contributed by atoms with E-state index in [1.54, 1.807) is 19.2 Å². The van der Waals surface area contributed by atoms with Crippen molar-refractivity contribution in [3.05, 3.63) is 34.0 Å². The van der Waals surface area contributed by atoms with Gasteiger partial charge in [0.25, 0.3) is 0 Å². The monoisotopic (exact) mass is 315 g/mol. The molecule has 2 rings (SSSR count). The Morgan fingerprint density at radius 3 is 2.95 bits per heavy atom. The molecule has 0 bridgehead atoms. The van der Waals surface area contributed by atoms with Crippen molar-refractivity contribution in [1.82, 2.24) is 15.5 Å². The third-order valence-electron chi connectivity index (χ3n) is 2.63. The fourth-order valence-electron chi connectivity index (χ4n) is 1.62. The van der Waals surface area contributed by atoms with E-state index in [0.29, 0.717) is 22.2 Å². The first-order valence-corrected chi connectivity index (χ1v) is 7.37. The summed E-state index contributed by atoms with van der Waals surface area (Å²) in [5, 5.41) is 13.1. The molecule has 0 aliphatic rings. The van der Waals surface area contributed by atoms with Crippen LogP contribution in [0.3, 0.4) is 0 Å². The van der Waals surface area contributed by atoms with Gasteiger partial charge in [-0.25, -0.2) is 4.39 Å². The number of rotatable bonds is 7. The number of hydrogen-bond donors (Lipinski definition) is 1. The second kappa shape index (κ2) is 7.64. The second-order valence-corrected chi connectivity index (χ2v) is 5.62. The minimum atomic E-state index is -0.376. The molecular formula is C13H15ClFN3OS. The molecule has 0 atom stereocenters. The summed E-state index contributed by atoms with van der Waals surface area (Å²) in [6.07, 6.45) is 0.761. The van der Waals surface area contributed by atoms with Crippen molar-refractivity contribution in [2.24, 2.45) is 0 Å². The smallest absolute Gasteiger partial charge is 0.150 e. The van der Waals surface area contributed by atoms with Crippen LogP contribution in [0.15, 0.2) is 18.2 Å². The minimum Gasteiger partial charge on any atom is -0.383 e. The van der Waals surface area contributed by atoms with Crippen molar-refractivity contribution in [2.45, 2.75) is 6.42 Å². The fourth-order valence-corrected chi connectivity index (χ4v) is 2.65. The van der Waals surface area contributed by atoms with Crippen LogP contribution < -0.4 is 5.32 Å². The minimum absolute atomic E-state index is 0.373. The molecule has 0 aliphatic carbocycles. The number of nitrogens with zero attached hydrogens (tertiary/aromatic N) is 2. The molecule has 0 spiro atoms. The van der Waals surface area contributed by atoms with Crippen LogP contribution in [0, 0.1) is 5.82 Å². The van der Waals surface area contributed by atoms with E-state index in [9.17, 15) is 4.39 Å². The highest BCUT2D eigenvalue weighted by molar-refractivity contribution is 7.14. The highest BCUT2D eigenvalue weighted by Crippen LogP contribution is 2.27. The lowest BCUT2D eigenvalue weighted by atomic mass is 10.2. The van der Waals surface area contributed by atoms with Crippen molar-refractivity contribution in [3.8, 4) is 10.6 Å². The van der Waals surface area contributed by atoms with Gasteiger partial charge in [-0.3, -0.25) is 0 Å². The molecule has 4 nitrogen and oxygen atoms in total. The summed E-state index contributed by atoms with van der Waals surface area (Å²) in [4.78, 5) is 0. The maximum Gasteiger partial charge on any atom is 0.150 e. The quantitative estimate of drug-likeness (QED) is 0.798. The standard InChI is InChI=1S/C13H15ClFN3OS/c1-19-7-6-16-5-4-12-17-18-13(20-12)10-3-2-9(14)8-11(10)15/h2-3,8,16H,4-7H2,1H3. The summed E-state index contributed by atoms with van der Waals surface area (Å²) < 4.78 is 18.7. The number of aromatic nitrogens is 2. The van der Waals surface area contributed by atoms with Gasteiger partial charge in [-0.05, 0) is 18.2 Å². The number of hydrogen-bond acceptors (Lipinski definition) is 5. The Morgan fingerprint density at radius 2 is 2.20 bits per heavy atom. The molecule has 108 valence electrons. The van der Waals surface area contributed by atoms with Gasteiger partial charge in [-0.2, -0.15) is 0 Å². The molecule has 0 aliphatic heterocycles. The van der Waals surface area contributed by atoms with Crippen molar-refractivity contribution in [1.29, 1.82) is 0 Å². The van der Waals surface area contributed by atoms with E-state index in [-0.39, 0.29) is 5.82 Å². The van der Waals surface area contributed by atoms with E-state index in [1.165, 1.54) is 17.4 Å². The Balaban J connectivity index is 1.95. The first-order valence-electron chi connectivity index (χ1n) is 6.18. The van der Waals surface area contributed by atoms with Gasteiger partial charge in [0, 0.05) is 37.2 Å². The average molecular weight is 316 g/mol. The summed E-state index contributed by atoms with van der Waals surface area (Å²) >= 11 is 7.12. The molecule has 1 N–H and O–H groups in total. The zero-order chi connectivity index (χ0) is 14.4. The summed E-state index contributed by atoms with van der Waals surface area (Å²) in [6.45, 7) is 2.27. The largest absolute Gasteiger partial charge is 0.383 e. The Morgan fingerprint density at radius 1 is 1.35 bits per heavy atom. The summed E-state index contributed by atoms with van der Waals surface area (Å²) in [5.74, 6) is -0.376. The molecule has 20 heavy (non-hydrogen) atoms. The molecule has 0 fully saturated rings. The zero-order valence-corrected chi connectivity index (χ0v) is 12.6. The number of methoxy groups -OCH3 is 1. The number of ether oxygens (including phenoxy) is 1. The third-order valence-corrected chi connectivity index (χ3v) is 3.88. The van der Waals surface area contributed by atoms with E-state index in [4.69, 9.17) is 16.3 Å². The molecular weight excluding hydrogens is 301 g/mol. The predicted molar refractivity (Wildman–Crippen MR) is 78.8 cm³/mol. The van der Waals surface area contributed by atoms with Crippen molar-refractivity contribution < 1.29 is 9.13 Å². The third kappa shape index (κ3) is 4.21. The van der Waals surface area contributed by atoms with E-state index >= 15 is 0 Å². The van der Waals surface area contributed by atoms with Gasteiger partial charge in [0.1, 0.15) is 10.8 Å². The average Bonchev–Trinajstić information content (AvgIpc) is 2.87. The fraction of sp³-hybridized carbons (Fsp3) is 0.385. The molecule has 0 saturated heterocycles. The molecule has 1 heterocycles. The van der Waals surface area contributed by atoms with Crippen LogP contribution in [0.1, 0.15) is 5.01 Å². The molecule has 1 aromatic heterocycles. The predicted octanol–water partition coefficient (Wildman–Crippen LogP) is 2.78. The normalized spacial score (nSPS) is 10.9. The first-order chi connectivity index (χ1) is 9.70. The van der Waals surface area contributed by atoms with Gasteiger partial charge in [0.2, 0.25) is 0 Å². The van der Waals surface area contributed by atoms with Crippen molar-refractivity contribution in [2.75, 3.05) is 26.8 Å². The zero-order valence-electron chi connectivity index (χ0n) is 11.0. The van der Waals surface area contributed by atoms with Crippen molar-refractivity contribution in [3.63, 3.8) is 0 Å². The van der Waals surface area contributed by atoms with Gasteiger partial charge in [0.15, 0.2) is 5.01 Å². The van der Waals surface area contributed by atoms with Crippen LogP contribution in [-0.4, -0.2) is 37.0 Å². The number of benzene rings is 1. The molecule has 0 unspecified atom stereocenters. The molecule has 0 saturated carbocycles. The van der Waals surface area contributed by atoms with Gasteiger partial charge >= 0.3 is 0 Å². The Bertz CT molecular complexity index is 564.